The van der Waals surface area contributed by atoms with Crippen LogP contribution in [-0.4, -0.2) is 4.98 Å². The number of halogens is 4. The molecular weight excluding hydrogens is 321 g/mol. The first kappa shape index (κ1) is 13.9. The summed E-state index contributed by atoms with van der Waals surface area (Å²) in [5, 5.41) is 3.02. The SMILES string of the molecule is FC(F)(F)c1cccc(CNc2cncc(Br)c2)c1. The van der Waals surface area contributed by atoms with E-state index in [2.05, 4.69) is 26.2 Å². The van der Waals surface area contributed by atoms with Crippen molar-refractivity contribution in [1.82, 2.24) is 4.98 Å². The first-order chi connectivity index (χ1) is 8.95. The molecule has 0 unspecified atom stereocenters. The maximum absolute atomic E-state index is 12.5. The van der Waals surface area contributed by atoms with E-state index in [4.69, 9.17) is 0 Å². The van der Waals surface area contributed by atoms with Crippen molar-refractivity contribution in [2.45, 2.75) is 12.7 Å². The fourth-order valence-corrected chi connectivity index (χ4v) is 1.94. The van der Waals surface area contributed by atoms with Gasteiger partial charge in [0.25, 0.3) is 0 Å². The van der Waals surface area contributed by atoms with Crippen LogP contribution in [0, 0.1) is 0 Å². The van der Waals surface area contributed by atoms with Crippen LogP contribution in [0.25, 0.3) is 0 Å². The molecule has 0 radical (unpaired) electrons. The summed E-state index contributed by atoms with van der Waals surface area (Å²) < 4.78 is 38.4. The van der Waals surface area contributed by atoms with Crippen LogP contribution in [0.15, 0.2) is 47.2 Å². The van der Waals surface area contributed by atoms with Crippen molar-refractivity contribution in [3.63, 3.8) is 0 Å². The third-order valence-corrected chi connectivity index (χ3v) is 2.89. The number of anilines is 1. The molecule has 2 nitrogen and oxygen atoms in total. The molecule has 0 fully saturated rings. The molecule has 0 spiro atoms. The maximum Gasteiger partial charge on any atom is 0.416 e. The van der Waals surface area contributed by atoms with Gasteiger partial charge in [0.2, 0.25) is 0 Å². The highest BCUT2D eigenvalue weighted by Crippen LogP contribution is 2.29. The second-order valence-electron chi connectivity index (χ2n) is 3.94. The lowest BCUT2D eigenvalue weighted by atomic mass is 10.1. The van der Waals surface area contributed by atoms with Crippen molar-refractivity contribution >= 4 is 21.6 Å². The standard InChI is InChI=1S/C13H10BrF3N2/c14-11-5-12(8-18-7-11)19-6-9-2-1-3-10(4-9)13(15,16)17/h1-5,7-8,19H,6H2. The van der Waals surface area contributed by atoms with E-state index in [1.165, 1.54) is 6.07 Å². The molecule has 1 aromatic carbocycles. The summed E-state index contributed by atoms with van der Waals surface area (Å²) in [5.41, 5.74) is 0.667. The van der Waals surface area contributed by atoms with Gasteiger partial charge in [0.05, 0.1) is 17.4 Å². The minimum absolute atomic E-state index is 0.308. The van der Waals surface area contributed by atoms with Gasteiger partial charge < -0.3 is 5.32 Å². The number of aromatic nitrogens is 1. The number of benzene rings is 1. The molecule has 1 N–H and O–H groups in total. The fraction of sp³-hybridized carbons (Fsp3) is 0.154. The van der Waals surface area contributed by atoms with E-state index in [-0.39, 0.29) is 0 Å². The van der Waals surface area contributed by atoms with E-state index >= 15 is 0 Å². The predicted octanol–water partition coefficient (Wildman–Crippen LogP) is 4.48. The van der Waals surface area contributed by atoms with Gasteiger partial charge >= 0.3 is 6.18 Å². The molecule has 0 amide bonds. The Morgan fingerprint density at radius 3 is 2.63 bits per heavy atom. The number of rotatable bonds is 3. The molecule has 0 aliphatic heterocycles. The number of hydrogen-bond donors (Lipinski definition) is 1. The molecule has 1 heterocycles. The highest BCUT2D eigenvalue weighted by atomic mass is 79.9. The smallest absolute Gasteiger partial charge is 0.380 e. The third-order valence-electron chi connectivity index (χ3n) is 2.46. The fourth-order valence-electron chi connectivity index (χ4n) is 1.57. The Morgan fingerprint density at radius 2 is 1.95 bits per heavy atom. The van der Waals surface area contributed by atoms with Gasteiger partial charge in [-0.15, -0.1) is 0 Å². The van der Waals surface area contributed by atoms with Gasteiger partial charge in [-0.05, 0) is 39.7 Å². The number of pyridine rings is 1. The largest absolute Gasteiger partial charge is 0.416 e. The summed E-state index contributed by atoms with van der Waals surface area (Å²) in [6, 6.07) is 7.05. The maximum atomic E-state index is 12.5. The van der Waals surface area contributed by atoms with E-state index in [1.807, 2.05) is 0 Å². The molecule has 0 aliphatic carbocycles. The van der Waals surface area contributed by atoms with E-state index in [0.29, 0.717) is 12.1 Å². The van der Waals surface area contributed by atoms with Gasteiger partial charge in [-0.2, -0.15) is 13.2 Å². The normalized spacial score (nSPS) is 11.4. The first-order valence-electron chi connectivity index (χ1n) is 5.46. The van der Waals surface area contributed by atoms with Crippen molar-refractivity contribution in [1.29, 1.82) is 0 Å². The van der Waals surface area contributed by atoms with E-state index in [1.54, 1.807) is 24.5 Å². The number of hydrogen-bond acceptors (Lipinski definition) is 2. The predicted molar refractivity (Wildman–Crippen MR) is 70.7 cm³/mol. The van der Waals surface area contributed by atoms with Crippen LogP contribution in [0.3, 0.4) is 0 Å². The van der Waals surface area contributed by atoms with Gasteiger partial charge in [-0.1, -0.05) is 12.1 Å². The molecule has 0 bridgehead atoms. The highest BCUT2D eigenvalue weighted by Gasteiger charge is 2.30. The van der Waals surface area contributed by atoms with Crippen molar-refractivity contribution in [2.75, 3.05) is 5.32 Å². The summed E-state index contributed by atoms with van der Waals surface area (Å²) in [7, 11) is 0. The summed E-state index contributed by atoms with van der Waals surface area (Å²) in [6.45, 7) is 0.308. The molecule has 0 saturated carbocycles. The molecule has 2 rings (SSSR count). The zero-order chi connectivity index (χ0) is 13.9. The summed E-state index contributed by atoms with van der Waals surface area (Å²) in [4.78, 5) is 3.96. The summed E-state index contributed by atoms with van der Waals surface area (Å²) in [5.74, 6) is 0. The molecule has 0 aliphatic rings. The zero-order valence-electron chi connectivity index (χ0n) is 9.71. The van der Waals surface area contributed by atoms with Crippen LogP contribution < -0.4 is 5.32 Å². The van der Waals surface area contributed by atoms with Crippen molar-refractivity contribution < 1.29 is 13.2 Å². The second-order valence-corrected chi connectivity index (χ2v) is 4.86. The topological polar surface area (TPSA) is 24.9 Å². The average Bonchev–Trinajstić information content (AvgIpc) is 2.36. The number of alkyl halides is 3. The Hall–Kier alpha value is -1.56. The zero-order valence-corrected chi connectivity index (χ0v) is 11.3. The Morgan fingerprint density at radius 1 is 1.16 bits per heavy atom. The average molecular weight is 331 g/mol. The van der Waals surface area contributed by atoms with Crippen molar-refractivity contribution in [2.24, 2.45) is 0 Å². The Kier molecular flexibility index (Phi) is 4.09. The lowest BCUT2D eigenvalue weighted by Gasteiger charge is -2.10. The van der Waals surface area contributed by atoms with Crippen LogP contribution >= 0.6 is 15.9 Å². The van der Waals surface area contributed by atoms with Crippen LogP contribution in [-0.2, 0) is 12.7 Å². The molecule has 100 valence electrons. The van der Waals surface area contributed by atoms with Gasteiger partial charge in [-0.3, -0.25) is 4.98 Å². The molecule has 0 saturated heterocycles. The Balaban J connectivity index is 2.08. The minimum Gasteiger partial charge on any atom is -0.380 e. The van der Waals surface area contributed by atoms with Gasteiger partial charge in [0.15, 0.2) is 0 Å². The third kappa shape index (κ3) is 3.96. The Bertz CT molecular complexity index is 570. The van der Waals surface area contributed by atoms with Crippen molar-refractivity contribution in [3.8, 4) is 0 Å². The molecule has 2 aromatic rings. The number of nitrogens with zero attached hydrogens (tertiary/aromatic N) is 1. The monoisotopic (exact) mass is 330 g/mol. The van der Waals surface area contributed by atoms with E-state index in [9.17, 15) is 13.2 Å². The van der Waals surface area contributed by atoms with Gasteiger partial charge in [-0.25, -0.2) is 0 Å². The van der Waals surface area contributed by atoms with Crippen molar-refractivity contribution in [3.05, 3.63) is 58.3 Å². The van der Waals surface area contributed by atoms with E-state index < -0.39 is 11.7 Å². The second kappa shape index (κ2) is 5.61. The van der Waals surface area contributed by atoms with Crippen LogP contribution in [0.1, 0.15) is 11.1 Å². The summed E-state index contributed by atoms with van der Waals surface area (Å²) >= 11 is 3.27. The highest BCUT2D eigenvalue weighted by molar-refractivity contribution is 9.10. The quantitative estimate of drug-likeness (QED) is 0.897. The van der Waals surface area contributed by atoms with Gasteiger partial charge in [0.1, 0.15) is 0 Å². The Labute approximate surface area is 116 Å². The molecule has 19 heavy (non-hydrogen) atoms. The van der Waals surface area contributed by atoms with Gasteiger partial charge in [0, 0.05) is 17.2 Å². The molecular formula is C13H10BrF3N2. The van der Waals surface area contributed by atoms with Crippen LogP contribution in [0.5, 0.6) is 0 Å². The van der Waals surface area contributed by atoms with Crippen LogP contribution in [0.4, 0.5) is 18.9 Å². The molecule has 0 atom stereocenters. The molecule has 6 heteroatoms. The van der Waals surface area contributed by atoms with E-state index in [0.717, 1.165) is 22.3 Å². The number of nitrogens with one attached hydrogen (secondary N) is 1. The van der Waals surface area contributed by atoms with Crippen LogP contribution in [0.2, 0.25) is 0 Å². The molecule has 1 aromatic heterocycles. The lowest BCUT2D eigenvalue weighted by Crippen LogP contribution is -2.06. The summed E-state index contributed by atoms with van der Waals surface area (Å²) in [6.07, 6.45) is -1.07. The minimum atomic E-state index is -4.31. The lowest BCUT2D eigenvalue weighted by molar-refractivity contribution is -0.137. The first-order valence-corrected chi connectivity index (χ1v) is 6.25.